The van der Waals surface area contributed by atoms with Gasteiger partial charge in [-0.1, -0.05) is 48.2 Å². The van der Waals surface area contributed by atoms with Crippen molar-refractivity contribution in [1.29, 1.82) is 0 Å². The van der Waals surface area contributed by atoms with E-state index >= 15 is 0 Å². The normalized spacial score (nSPS) is 13.2. The number of thioether (sulfide) groups is 1. The van der Waals surface area contributed by atoms with Gasteiger partial charge in [-0.25, -0.2) is 0 Å². The number of nitrogens with zero attached hydrogens (tertiary/aromatic N) is 4. The van der Waals surface area contributed by atoms with E-state index in [1.54, 1.807) is 12.1 Å². The number of carbonyl (C=O) groups is 1. The molecule has 1 saturated carbocycles. The van der Waals surface area contributed by atoms with Crippen molar-refractivity contribution in [2.45, 2.75) is 30.5 Å². The van der Waals surface area contributed by atoms with Crippen molar-refractivity contribution in [3.05, 3.63) is 76.1 Å². The molecular formula is C20H19N5O3S. The molecule has 0 bridgehead atoms. The maximum Gasteiger partial charge on any atom is 0.271 e. The van der Waals surface area contributed by atoms with Crippen LogP contribution in [0.1, 0.15) is 30.1 Å². The number of nitrogens with one attached hydrogen (secondary N) is 1. The minimum Gasteiger partial charge on any atom is -0.325 e. The van der Waals surface area contributed by atoms with Crippen molar-refractivity contribution in [2.75, 3.05) is 11.1 Å². The highest BCUT2D eigenvalue weighted by Gasteiger charge is 2.30. The SMILES string of the molecule is O=C(CSc1nnc(C2CC2)n1Cc1ccccc1)Nc1cccc([N+](=O)[O-])c1. The zero-order chi connectivity index (χ0) is 20.2. The maximum absolute atomic E-state index is 12.3. The van der Waals surface area contributed by atoms with Gasteiger partial charge in [-0.15, -0.1) is 10.2 Å². The number of non-ortho nitro benzene ring substituents is 1. The Morgan fingerprint density at radius 3 is 2.69 bits per heavy atom. The molecule has 29 heavy (non-hydrogen) atoms. The van der Waals surface area contributed by atoms with Crippen LogP contribution in [0.25, 0.3) is 0 Å². The molecule has 0 saturated heterocycles. The molecule has 4 rings (SSSR count). The van der Waals surface area contributed by atoms with E-state index in [0.29, 0.717) is 23.3 Å². The predicted molar refractivity (Wildman–Crippen MR) is 110 cm³/mol. The fourth-order valence-electron chi connectivity index (χ4n) is 2.99. The molecule has 1 heterocycles. The van der Waals surface area contributed by atoms with Crippen molar-refractivity contribution in [3.8, 4) is 0 Å². The Kier molecular flexibility index (Phi) is 5.57. The van der Waals surface area contributed by atoms with Gasteiger partial charge in [0.2, 0.25) is 5.91 Å². The van der Waals surface area contributed by atoms with Crippen LogP contribution in [-0.4, -0.2) is 31.3 Å². The van der Waals surface area contributed by atoms with Crippen LogP contribution in [0.2, 0.25) is 0 Å². The summed E-state index contributed by atoms with van der Waals surface area (Å²) in [6, 6.07) is 16.0. The second kappa shape index (κ2) is 8.44. The van der Waals surface area contributed by atoms with E-state index in [-0.39, 0.29) is 17.3 Å². The molecule has 8 nitrogen and oxygen atoms in total. The van der Waals surface area contributed by atoms with Crippen LogP contribution >= 0.6 is 11.8 Å². The molecule has 1 fully saturated rings. The van der Waals surface area contributed by atoms with Gasteiger partial charge >= 0.3 is 0 Å². The summed E-state index contributed by atoms with van der Waals surface area (Å²) in [7, 11) is 0. The molecule has 0 unspecified atom stereocenters. The quantitative estimate of drug-likeness (QED) is 0.344. The molecule has 0 atom stereocenters. The first-order valence-corrected chi connectivity index (χ1v) is 10.2. The smallest absolute Gasteiger partial charge is 0.271 e. The third kappa shape index (κ3) is 4.80. The molecule has 1 N–H and O–H groups in total. The van der Waals surface area contributed by atoms with Crippen molar-refractivity contribution in [3.63, 3.8) is 0 Å². The average Bonchev–Trinajstić information content (AvgIpc) is 3.49. The third-order valence-corrected chi connectivity index (χ3v) is 5.51. The van der Waals surface area contributed by atoms with Gasteiger partial charge < -0.3 is 9.88 Å². The predicted octanol–water partition coefficient (Wildman–Crippen LogP) is 3.84. The van der Waals surface area contributed by atoms with Crippen LogP contribution in [0.5, 0.6) is 0 Å². The van der Waals surface area contributed by atoms with Crippen LogP contribution in [0.4, 0.5) is 11.4 Å². The average molecular weight is 409 g/mol. The third-order valence-electron chi connectivity index (χ3n) is 4.54. The highest BCUT2D eigenvalue weighted by molar-refractivity contribution is 7.99. The van der Waals surface area contributed by atoms with Gasteiger partial charge in [-0.2, -0.15) is 0 Å². The van der Waals surface area contributed by atoms with Gasteiger partial charge in [0.05, 0.1) is 17.2 Å². The summed E-state index contributed by atoms with van der Waals surface area (Å²) in [6.07, 6.45) is 2.23. The number of aromatic nitrogens is 3. The minimum absolute atomic E-state index is 0.0628. The second-order valence-electron chi connectivity index (χ2n) is 6.83. The van der Waals surface area contributed by atoms with E-state index in [4.69, 9.17) is 0 Å². The van der Waals surface area contributed by atoms with Crippen molar-refractivity contribution in [2.24, 2.45) is 0 Å². The van der Waals surface area contributed by atoms with Crippen LogP contribution in [0.15, 0.2) is 59.8 Å². The molecule has 1 aliphatic rings. The number of nitro benzene ring substituents is 1. The topological polar surface area (TPSA) is 103 Å². The van der Waals surface area contributed by atoms with Crippen LogP contribution in [-0.2, 0) is 11.3 Å². The zero-order valence-corrected chi connectivity index (χ0v) is 16.3. The summed E-state index contributed by atoms with van der Waals surface area (Å²) < 4.78 is 2.08. The molecule has 3 aromatic rings. The van der Waals surface area contributed by atoms with Crippen molar-refractivity contribution in [1.82, 2.24) is 14.8 Å². The van der Waals surface area contributed by atoms with E-state index in [9.17, 15) is 14.9 Å². The molecular weight excluding hydrogens is 390 g/mol. The number of anilines is 1. The number of nitro groups is 1. The highest BCUT2D eigenvalue weighted by Crippen LogP contribution is 2.40. The van der Waals surface area contributed by atoms with E-state index in [2.05, 4.69) is 32.2 Å². The molecule has 0 spiro atoms. The number of hydrogen-bond acceptors (Lipinski definition) is 6. The van der Waals surface area contributed by atoms with Gasteiger partial charge in [0.25, 0.3) is 5.69 Å². The van der Waals surface area contributed by atoms with Crippen LogP contribution in [0, 0.1) is 10.1 Å². The summed E-state index contributed by atoms with van der Waals surface area (Å²) in [4.78, 5) is 22.7. The highest BCUT2D eigenvalue weighted by atomic mass is 32.2. The Balaban J connectivity index is 1.43. The number of benzene rings is 2. The number of hydrogen-bond donors (Lipinski definition) is 1. The first kappa shape index (κ1) is 19.1. The van der Waals surface area contributed by atoms with Gasteiger partial charge in [0, 0.05) is 23.7 Å². The fraction of sp³-hybridized carbons (Fsp3) is 0.250. The molecule has 0 aliphatic heterocycles. The number of rotatable bonds is 8. The summed E-state index contributed by atoms with van der Waals surface area (Å²) in [5.74, 6) is 1.30. The van der Waals surface area contributed by atoms with Crippen LogP contribution in [0.3, 0.4) is 0 Å². The fourth-order valence-corrected chi connectivity index (χ4v) is 3.73. The van der Waals surface area contributed by atoms with Crippen LogP contribution < -0.4 is 5.32 Å². The first-order valence-electron chi connectivity index (χ1n) is 9.24. The van der Waals surface area contributed by atoms with E-state index < -0.39 is 4.92 Å². The molecule has 0 radical (unpaired) electrons. The minimum atomic E-state index is -0.490. The summed E-state index contributed by atoms with van der Waals surface area (Å²) in [6.45, 7) is 0.661. The maximum atomic E-state index is 12.3. The first-order chi connectivity index (χ1) is 14.1. The lowest BCUT2D eigenvalue weighted by Crippen LogP contribution is -2.15. The lowest BCUT2D eigenvalue weighted by molar-refractivity contribution is -0.384. The largest absolute Gasteiger partial charge is 0.325 e. The van der Waals surface area contributed by atoms with Gasteiger partial charge in [-0.05, 0) is 24.5 Å². The van der Waals surface area contributed by atoms with Gasteiger partial charge in [-0.3, -0.25) is 14.9 Å². The van der Waals surface area contributed by atoms with E-state index in [1.807, 2.05) is 18.2 Å². The number of carbonyl (C=O) groups excluding carboxylic acids is 1. The van der Waals surface area contributed by atoms with Crippen molar-refractivity contribution >= 4 is 29.0 Å². The standard InChI is InChI=1S/C20H19N5O3S/c26-18(21-16-7-4-8-17(11-16)25(27)28)13-29-20-23-22-19(15-9-10-15)24(20)12-14-5-2-1-3-6-14/h1-8,11,15H,9-10,12-13H2,(H,21,26). The number of amides is 1. The molecule has 9 heteroatoms. The lowest BCUT2D eigenvalue weighted by Gasteiger charge is -2.10. The Hall–Kier alpha value is -3.20. The van der Waals surface area contributed by atoms with Crippen molar-refractivity contribution < 1.29 is 9.72 Å². The van der Waals surface area contributed by atoms with E-state index in [0.717, 1.165) is 24.2 Å². The molecule has 1 aliphatic carbocycles. The summed E-state index contributed by atoms with van der Waals surface area (Å²) in [5.41, 5.74) is 1.48. The monoisotopic (exact) mass is 409 g/mol. The second-order valence-corrected chi connectivity index (χ2v) is 7.77. The van der Waals surface area contributed by atoms with Gasteiger partial charge in [0.1, 0.15) is 5.82 Å². The zero-order valence-electron chi connectivity index (χ0n) is 15.5. The summed E-state index contributed by atoms with van der Waals surface area (Å²) >= 11 is 1.31. The molecule has 148 valence electrons. The Morgan fingerprint density at radius 1 is 1.17 bits per heavy atom. The Labute approximate surface area is 171 Å². The molecule has 1 amide bonds. The Morgan fingerprint density at radius 2 is 1.97 bits per heavy atom. The molecule has 2 aromatic carbocycles. The summed E-state index contributed by atoms with van der Waals surface area (Å²) in [5, 5.41) is 22.9. The van der Waals surface area contributed by atoms with Gasteiger partial charge in [0.15, 0.2) is 5.16 Å². The Bertz CT molecular complexity index is 1030. The lowest BCUT2D eigenvalue weighted by atomic mass is 10.2. The van der Waals surface area contributed by atoms with E-state index in [1.165, 1.54) is 23.9 Å². The molecule has 1 aromatic heterocycles.